The summed E-state index contributed by atoms with van der Waals surface area (Å²) in [4.78, 5) is 4.62. The third-order valence-corrected chi connectivity index (χ3v) is 4.37. The van der Waals surface area contributed by atoms with Crippen molar-refractivity contribution in [1.29, 1.82) is 0 Å². The SMILES string of the molecule is C=CC1=C(/C=C(\C)N2C(C)NC2C)CN1/C=C/C=C\CCCN. The highest BCUT2D eigenvalue weighted by Gasteiger charge is 2.31. The van der Waals surface area contributed by atoms with Gasteiger partial charge in [0.2, 0.25) is 0 Å². The van der Waals surface area contributed by atoms with Gasteiger partial charge in [0.1, 0.15) is 0 Å². The lowest BCUT2D eigenvalue weighted by atomic mass is 10.0. The van der Waals surface area contributed by atoms with Crippen molar-refractivity contribution in [2.24, 2.45) is 5.73 Å². The quantitative estimate of drug-likeness (QED) is 0.534. The minimum absolute atomic E-state index is 0.420. The number of nitrogens with two attached hydrogens (primary N) is 1. The van der Waals surface area contributed by atoms with Crippen LogP contribution in [0.15, 0.2) is 60.1 Å². The summed E-state index contributed by atoms with van der Waals surface area (Å²) in [5.74, 6) is 0. The fraction of sp³-hybridized carbons (Fsp3) is 0.474. The van der Waals surface area contributed by atoms with Crippen molar-refractivity contribution >= 4 is 0 Å². The van der Waals surface area contributed by atoms with Crippen LogP contribution >= 0.6 is 0 Å². The van der Waals surface area contributed by atoms with E-state index in [0.717, 1.165) is 25.9 Å². The predicted octanol–water partition coefficient (Wildman–Crippen LogP) is 3.05. The Morgan fingerprint density at radius 2 is 2.09 bits per heavy atom. The van der Waals surface area contributed by atoms with E-state index in [1.165, 1.54) is 17.0 Å². The van der Waals surface area contributed by atoms with Gasteiger partial charge in [-0.1, -0.05) is 18.7 Å². The van der Waals surface area contributed by atoms with Gasteiger partial charge < -0.3 is 15.5 Å². The molecular weight excluding hydrogens is 284 g/mol. The van der Waals surface area contributed by atoms with Crippen LogP contribution < -0.4 is 11.1 Å². The van der Waals surface area contributed by atoms with Crippen molar-refractivity contribution in [3.63, 3.8) is 0 Å². The fourth-order valence-electron chi connectivity index (χ4n) is 3.21. The Labute approximate surface area is 140 Å². The number of nitrogens with zero attached hydrogens (tertiary/aromatic N) is 2. The van der Waals surface area contributed by atoms with Crippen LogP contribution in [0.25, 0.3) is 0 Å². The zero-order valence-electron chi connectivity index (χ0n) is 14.6. The molecule has 4 heteroatoms. The maximum Gasteiger partial charge on any atom is 0.0795 e. The summed E-state index contributed by atoms with van der Waals surface area (Å²) >= 11 is 0. The molecule has 126 valence electrons. The minimum atomic E-state index is 0.420. The van der Waals surface area contributed by atoms with E-state index in [-0.39, 0.29) is 0 Å². The number of unbranched alkanes of at least 4 members (excludes halogenated alkanes) is 1. The molecular formula is C19H30N4. The third-order valence-electron chi connectivity index (χ3n) is 4.37. The Bertz CT molecular complexity index is 534. The van der Waals surface area contributed by atoms with E-state index >= 15 is 0 Å². The van der Waals surface area contributed by atoms with Crippen LogP contribution in [-0.4, -0.2) is 35.2 Å². The highest BCUT2D eigenvalue weighted by molar-refractivity contribution is 5.43. The van der Waals surface area contributed by atoms with Gasteiger partial charge in [-0.05, 0) is 64.0 Å². The predicted molar refractivity (Wildman–Crippen MR) is 98.2 cm³/mol. The third kappa shape index (κ3) is 4.15. The van der Waals surface area contributed by atoms with Crippen LogP contribution in [-0.2, 0) is 0 Å². The zero-order chi connectivity index (χ0) is 16.8. The molecule has 2 unspecified atom stereocenters. The average Bonchev–Trinajstić information content (AvgIpc) is 2.48. The normalized spacial score (nSPS) is 25.3. The fourth-order valence-corrected chi connectivity index (χ4v) is 3.21. The Morgan fingerprint density at radius 1 is 1.35 bits per heavy atom. The molecule has 2 aliphatic rings. The topological polar surface area (TPSA) is 44.5 Å². The van der Waals surface area contributed by atoms with Crippen molar-refractivity contribution < 1.29 is 0 Å². The summed E-state index contributed by atoms with van der Waals surface area (Å²) < 4.78 is 0. The van der Waals surface area contributed by atoms with Crippen LogP contribution in [0.2, 0.25) is 0 Å². The van der Waals surface area contributed by atoms with Gasteiger partial charge in [0, 0.05) is 24.1 Å². The van der Waals surface area contributed by atoms with Crippen LogP contribution in [0.5, 0.6) is 0 Å². The summed E-state index contributed by atoms with van der Waals surface area (Å²) in [6, 6.07) is 0. The van der Waals surface area contributed by atoms with Gasteiger partial charge in [-0.25, -0.2) is 0 Å². The van der Waals surface area contributed by atoms with Crippen molar-refractivity contribution in [2.75, 3.05) is 13.1 Å². The van der Waals surface area contributed by atoms with Crippen molar-refractivity contribution in [3.05, 3.63) is 60.1 Å². The summed E-state index contributed by atoms with van der Waals surface area (Å²) in [6.07, 6.45) is 15.6. The Balaban J connectivity index is 1.94. The molecule has 0 amide bonds. The zero-order valence-corrected chi connectivity index (χ0v) is 14.6. The molecule has 3 N–H and O–H groups in total. The van der Waals surface area contributed by atoms with Gasteiger partial charge in [-0.15, -0.1) is 0 Å². The second-order valence-corrected chi connectivity index (χ2v) is 6.15. The molecule has 2 rings (SSSR count). The number of hydrogen-bond acceptors (Lipinski definition) is 4. The van der Waals surface area contributed by atoms with Crippen molar-refractivity contribution in [2.45, 2.75) is 45.9 Å². The van der Waals surface area contributed by atoms with E-state index < -0.39 is 0 Å². The number of hydrogen-bond donors (Lipinski definition) is 2. The van der Waals surface area contributed by atoms with Gasteiger partial charge in [-0.3, -0.25) is 5.32 Å². The highest BCUT2D eigenvalue weighted by atomic mass is 15.5. The molecule has 4 nitrogen and oxygen atoms in total. The minimum Gasteiger partial charge on any atom is -0.345 e. The molecule has 0 bridgehead atoms. The van der Waals surface area contributed by atoms with Gasteiger partial charge in [-0.2, -0.15) is 0 Å². The van der Waals surface area contributed by atoms with Crippen LogP contribution in [0, 0.1) is 0 Å². The first kappa shape index (κ1) is 17.6. The summed E-state index contributed by atoms with van der Waals surface area (Å²) in [7, 11) is 0. The average molecular weight is 314 g/mol. The number of rotatable bonds is 8. The second-order valence-electron chi connectivity index (χ2n) is 6.15. The summed E-state index contributed by atoms with van der Waals surface area (Å²) in [5, 5.41) is 3.44. The van der Waals surface area contributed by atoms with Gasteiger partial charge in [0.05, 0.1) is 12.3 Å². The Hall–Kier alpha value is -1.78. The Morgan fingerprint density at radius 3 is 2.70 bits per heavy atom. The summed E-state index contributed by atoms with van der Waals surface area (Å²) in [5.41, 5.74) is 9.33. The van der Waals surface area contributed by atoms with E-state index in [1.807, 2.05) is 6.08 Å². The second kappa shape index (κ2) is 8.18. The first-order chi connectivity index (χ1) is 11.1. The van der Waals surface area contributed by atoms with Crippen LogP contribution in [0.3, 0.4) is 0 Å². The molecule has 0 aromatic carbocycles. The lowest BCUT2D eigenvalue weighted by Crippen LogP contribution is -2.65. The van der Waals surface area contributed by atoms with E-state index in [0.29, 0.717) is 12.3 Å². The Kier molecular flexibility index (Phi) is 6.25. The molecule has 0 aromatic rings. The molecule has 0 radical (unpaired) electrons. The lowest BCUT2D eigenvalue weighted by Gasteiger charge is -2.49. The van der Waals surface area contributed by atoms with E-state index in [1.54, 1.807) is 0 Å². The van der Waals surface area contributed by atoms with Gasteiger partial charge in [0.25, 0.3) is 0 Å². The van der Waals surface area contributed by atoms with E-state index in [4.69, 9.17) is 5.73 Å². The molecule has 0 aliphatic carbocycles. The van der Waals surface area contributed by atoms with Crippen molar-refractivity contribution in [1.82, 2.24) is 15.1 Å². The van der Waals surface area contributed by atoms with Gasteiger partial charge >= 0.3 is 0 Å². The maximum atomic E-state index is 5.48. The van der Waals surface area contributed by atoms with Crippen LogP contribution in [0.1, 0.15) is 33.6 Å². The lowest BCUT2D eigenvalue weighted by molar-refractivity contribution is 0.0312. The first-order valence-corrected chi connectivity index (χ1v) is 8.46. The number of nitrogens with one attached hydrogen (secondary N) is 1. The number of allylic oxidation sites excluding steroid dienone is 5. The standard InChI is InChI=1S/C19H30N4/c1-5-19-18(13-15(2)23-16(3)21-17(23)4)14-22(19)12-10-8-6-7-9-11-20/h5-6,8,10,12-13,16-17,21H,1,7,9,11,14,20H2,2-4H3/b8-6-,12-10+,15-13+. The molecule has 0 aromatic heterocycles. The monoisotopic (exact) mass is 314 g/mol. The van der Waals surface area contributed by atoms with E-state index in [9.17, 15) is 0 Å². The summed E-state index contributed by atoms with van der Waals surface area (Å²) in [6.45, 7) is 12.2. The highest BCUT2D eigenvalue weighted by Crippen LogP contribution is 2.29. The largest absolute Gasteiger partial charge is 0.345 e. The molecule has 23 heavy (non-hydrogen) atoms. The smallest absolute Gasteiger partial charge is 0.0795 e. The van der Waals surface area contributed by atoms with Gasteiger partial charge in [0.15, 0.2) is 0 Å². The molecule has 1 fully saturated rings. The molecule has 2 heterocycles. The maximum absolute atomic E-state index is 5.48. The first-order valence-electron chi connectivity index (χ1n) is 8.46. The molecule has 2 aliphatic heterocycles. The molecule has 0 saturated carbocycles. The molecule has 2 atom stereocenters. The van der Waals surface area contributed by atoms with Crippen molar-refractivity contribution in [3.8, 4) is 0 Å². The van der Waals surface area contributed by atoms with E-state index in [2.05, 4.69) is 73.0 Å². The molecule has 1 saturated heterocycles. The van der Waals surface area contributed by atoms with Crippen LogP contribution in [0.4, 0.5) is 0 Å². The molecule has 0 spiro atoms.